The fourth-order valence-corrected chi connectivity index (χ4v) is 3.78. The Morgan fingerprint density at radius 3 is 2.57 bits per heavy atom. The van der Waals surface area contributed by atoms with E-state index in [1.54, 1.807) is 48.5 Å². The maximum atomic E-state index is 13.4. The first-order valence-corrected chi connectivity index (χ1v) is 9.11. The minimum atomic E-state index is -0.900. The molecular weight excluding hydrogens is 386 g/mol. The van der Waals surface area contributed by atoms with Gasteiger partial charge >= 0.3 is 0 Å². The van der Waals surface area contributed by atoms with Crippen LogP contribution in [-0.2, 0) is 0 Å². The molecule has 0 saturated carbocycles. The molecule has 1 aliphatic heterocycles. The molecule has 0 saturated heterocycles. The molecule has 0 aliphatic carbocycles. The van der Waals surface area contributed by atoms with Gasteiger partial charge in [0.1, 0.15) is 11.4 Å². The van der Waals surface area contributed by atoms with E-state index in [0.717, 1.165) is 0 Å². The lowest BCUT2D eigenvalue weighted by Crippen LogP contribution is -2.30. The van der Waals surface area contributed by atoms with Crippen LogP contribution in [0.3, 0.4) is 0 Å². The van der Waals surface area contributed by atoms with E-state index < -0.39 is 16.9 Å². The second-order valence-corrected chi connectivity index (χ2v) is 6.79. The van der Waals surface area contributed by atoms with Gasteiger partial charge in [-0.2, -0.15) is 0 Å². The van der Waals surface area contributed by atoms with Crippen LogP contribution in [0.1, 0.15) is 27.7 Å². The van der Waals surface area contributed by atoms with Crippen molar-refractivity contribution >= 4 is 28.4 Å². The zero-order valence-corrected chi connectivity index (χ0v) is 15.4. The average molecular weight is 399 g/mol. The van der Waals surface area contributed by atoms with Gasteiger partial charge in [-0.05, 0) is 29.8 Å². The zero-order valence-electron chi connectivity index (χ0n) is 15.4. The van der Waals surface area contributed by atoms with Gasteiger partial charge in [0.25, 0.3) is 11.6 Å². The highest BCUT2D eigenvalue weighted by molar-refractivity contribution is 6.10. The Morgan fingerprint density at radius 2 is 1.80 bits per heavy atom. The normalized spacial score (nSPS) is 15.4. The lowest BCUT2D eigenvalue weighted by atomic mass is 9.98. The molecule has 4 aromatic rings. The van der Waals surface area contributed by atoms with E-state index >= 15 is 0 Å². The number of benzene rings is 2. The van der Waals surface area contributed by atoms with Crippen LogP contribution in [0.5, 0.6) is 0 Å². The smallest absolute Gasteiger partial charge is 0.296 e. The van der Waals surface area contributed by atoms with Crippen LogP contribution in [0.15, 0.2) is 82.1 Å². The highest BCUT2D eigenvalue weighted by atomic mass is 16.6. The van der Waals surface area contributed by atoms with Crippen LogP contribution >= 0.6 is 0 Å². The van der Waals surface area contributed by atoms with Crippen LogP contribution in [0.25, 0.3) is 11.0 Å². The Hall–Kier alpha value is -4.33. The van der Waals surface area contributed by atoms with Gasteiger partial charge < -0.3 is 4.42 Å². The fraction of sp³-hybridized carbons (Fsp3) is 0.0455. The molecule has 146 valence electrons. The molecule has 1 atom stereocenters. The maximum absolute atomic E-state index is 13.4. The van der Waals surface area contributed by atoms with Gasteiger partial charge in [0, 0.05) is 18.3 Å². The monoisotopic (exact) mass is 399 g/mol. The summed E-state index contributed by atoms with van der Waals surface area (Å²) in [4.78, 5) is 43.0. The Bertz CT molecular complexity index is 1380. The summed E-state index contributed by atoms with van der Waals surface area (Å²) < 4.78 is 5.83. The average Bonchev–Trinajstić information content (AvgIpc) is 3.07. The van der Waals surface area contributed by atoms with Crippen molar-refractivity contribution in [2.45, 2.75) is 6.04 Å². The van der Waals surface area contributed by atoms with E-state index in [1.165, 1.54) is 29.3 Å². The first-order valence-electron chi connectivity index (χ1n) is 9.11. The van der Waals surface area contributed by atoms with Crippen LogP contribution in [0.2, 0.25) is 0 Å². The molecule has 0 N–H and O–H groups in total. The highest BCUT2D eigenvalue weighted by Gasteiger charge is 2.44. The summed E-state index contributed by atoms with van der Waals surface area (Å²) in [5.74, 6) is -0.294. The molecule has 0 fully saturated rings. The van der Waals surface area contributed by atoms with Crippen molar-refractivity contribution in [1.29, 1.82) is 0 Å². The molecule has 1 aliphatic rings. The number of nitrogens with zero attached hydrogens (tertiary/aromatic N) is 3. The number of carbonyl (C=O) groups is 1. The predicted molar refractivity (Wildman–Crippen MR) is 108 cm³/mol. The number of pyridine rings is 1. The predicted octanol–water partition coefficient (Wildman–Crippen LogP) is 3.85. The quantitative estimate of drug-likeness (QED) is 0.383. The lowest BCUT2D eigenvalue weighted by Gasteiger charge is -2.23. The van der Waals surface area contributed by atoms with Gasteiger partial charge in [0.2, 0.25) is 5.76 Å². The molecule has 1 unspecified atom stereocenters. The molecule has 3 heterocycles. The van der Waals surface area contributed by atoms with Crippen molar-refractivity contribution in [2.75, 3.05) is 4.90 Å². The van der Waals surface area contributed by atoms with Crippen molar-refractivity contribution in [2.24, 2.45) is 0 Å². The van der Waals surface area contributed by atoms with Crippen LogP contribution < -0.4 is 10.3 Å². The summed E-state index contributed by atoms with van der Waals surface area (Å²) >= 11 is 0. The minimum absolute atomic E-state index is 0.0825. The van der Waals surface area contributed by atoms with E-state index in [-0.39, 0.29) is 22.4 Å². The molecule has 5 rings (SSSR count). The Morgan fingerprint density at radius 1 is 1.00 bits per heavy atom. The van der Waals surface area contributed by atoms with E-state index in [2.05, 4.69) is 4.98 Å². The summed E-state index contributed by atoms with van der Waals surface area (Å²) in [6.07, 6.45) is 1.53. The number of non-ortho nitro benzene ring substituents is 1. The first kappa shape index (κ1) is 17.7. The van der Waals surface area contributed by atoms with Crippen molar-refractivity contribution in [3.8, 4) is 0 Å². The van der Waals surface area contributed by atoms with E-state index in [4.69, 9.17) is 4.42 Å². The third-order valence-electron chi connectivity index (χ3n) is 5.07. The number of aromatic nitrogens is 1. The van der Waals surface area contributed by atoms with Gasteiger partial charge in [0.15, 0.2) is 5.43 Å². The van der Waals surface area contributed by atoms with Gasteiger partial charge in [-0.25, -0.2) is 4.98 Å². The van der Waals surface area contributed by atoms with Crippen molar-refractivity contribution in [3.05, 3.63) is 110 Å². The highest BCUT2D eigenvalue weighted by Crippen LogP contribution is 2.41. The fourth-order valence-electron chi connectivity index (χ4n) is 3.78. The first-order chi connectivity index (χ1) is 14.6. The van der Waals surface area contributed by atoms with Gasteiger partial charge in [-0.3, -0.25) is 24.6 Å². The third-order valence-corrected chi connectivity index (χ3v) is 5.07. The molecule has 8 heteroatoms. The standard InChI is InChI=1S/C22H13N3O5/c26-20-15-8-1-2-9-16(15)30-21-18(20)19(13-6-5-7-14(12-13)25(28)29)24(22(21)27)17-10-3-4-11-23-17/h1-12,19H. The maximum Gasteiger partial charge on any atom is 0.296 e. The van der Waals surface area contributed by atoms with Crippen LogP contribution in [0, 0.1) is 10.1 Å². The largest absolute Gasteiger partial charge is 0.450 e. The van der Waals surface area contributed by atoms with Gasteiger partial charge in [-0.1, -0.05) is 30.3 Å². The summed E-state index contributed by atoms with van der Waals surface area (Å²) in [5, 5.41) is 11.6. The van der Waals surface area contributed by atoms with Crippen LogP contribution in [-0.4, -0.2) is 15.8 Å². The number of nitro groups is 1. The number of para-hydroxylation sites is 1. The zero-order chi connectivity index (χ0) is 20.8. The molecule has 0 spiro atoms. The third kappa shape index (κ3) is 2.58. The molecule has 30 heavy (non-hydrogen) atoms. The Labute approximate surface area is 169 Å². The lowest BCUT2D eigenvalue weighted by molar-refractivity contribution is -0.384. The van der Waals surface area contributed by atoms with E-state index in [9.17, 15) is 19.7 Å². The molecular formula is C22H13N3O5. The topological polar surface area (TPSA) is 107 Å². The number of anilines is 1. The summed E-state index contributed by atoms with van der Waals surface area (Å²) in [5.41, 5.74) is 0.374. The van der Waals surface area contributed by atoms with Crippen molar-refractivity contribution in [1.82, 2.24) is 4.98 Å². The van der Waals surface area contributed by atoms with E-state index in [1.807, 2.05) is 0 Å². The SMILES string of the molecule is O=C1c2oc3ccccc3c(=O)c2C(c2cccc([N+](=O)[O-])c2)N1c1ccccn1. The van der Waals surface area contributed by atoms with Crippen molar-refractivity contribution < 1.29 is 14.1 Å². The minimum Gasteiger partial charge on any atom is -0.450 e. The molecule has 2 aromatic heterocycles. The Kier molecular flexibility index (Phi) is 3.92. The molecule has 1 amide bonds. The summed E-state index contributed by atoms with van der Waals surface area (Å²) in [6, 6.07) is 16.7. The summed E-state index contributed by atoms with van der Waals surface area (Å²) in [7, 11) is 0. The number of amides is 1. The number of rotatable bonds is 3. The Balaban J connectivity index is 1.83. The molecule has 2 aromatic carbocycles. The van der Waals surface area contributed by atoms with Crippen molar-refractivity contribution in [3.63, 3.8) is 0 Å². The summed E-state index contributed by atoms with van der Waals surface area (Å²) in [6.45, 7) is 0. The number of hydrogen-bond donors (Lipinski definition) is 0. The second kappa shape index (κ2) is 6.63. The number of hydrogen-bond acceptors (Lipinski definition) is 6. The molecule has 8 nitrogen and oxygen atoms in total. The molecule has 0 bridgehead atoms. The van der Waals surface area contributed by atoms with E-state index in [0.29, 0.717) is 22.4 Å². The number of nitro benzene ring substituents is 1. The number of fused-ring (bicyclic) bond motifs is 2. The molecule has 0 radical (unpaired) electrons. The van der Waals surface area contributed by atoms with Gasteiger partial charge in [0.05, 0.1) is 21.9 Å². The van der Waals surface area contributed by atoms with Crippen LogP contribution in [0.4, 0.5) is 11.5 Å². The van der Waals surface area contributed by atoms with Gasteiger partial charge in [-0.15, -0.1) is 0 Å². The number of carbonyl (C=O) groups excluding carboxylic acids is 1. The second-order valence-electron chi connectivity index (χ2n) is 6.79.